The molecular formula is C21H27NOS. The van der Waals surface area contributed by atoms with E-state index in [1.54, 1.807) is 11.8 Å². The zero-order chi connectivity index (χ0) is 17.9. The summed E-state index contributed by atoms with van der Waals surface area (Å²) in [7, 11) is 0. The first-order valence-electron chi connectivity index (χ1n) is 8.44. The van der Waals surface area contributed by atoms with E-state index in [1.807, 2.05) is 26.0 Å². The highest BCUT2D eigenvalue weighted by Gasteiger charge is 2.18. The minimum absolute atomic E-state index is 0.0520. The topological polar surface area (TPSA) is 29.1 Å². The predicted molar refractivity (Wildman–Crippen MR) is 105 cm³/mol. The Hall–Kier alpha value is -1.74. The smallest absolute Gasteiger partial charge is 0.237 e. The molecule has 0 radical (unpaired) electrons. The molecule has 24 heavy (non-hydrogen) atoms. The van der Waals surface area contributed by atoms with Crippen LogP contribution in [0, 0.1) is 20.8 Å². The molecule has 128 valence electrons. The summed E-state index contributed by atoms with van der Waals surface area (Å²) < 4.78 is 0. The second-order valence-electron chi connectivity index (χ2n) is 6.71. The van der Waals surface area contributed by atoms with Gasteiger partial charge in [-0.2, -0.15) is 0 Å². The van der Waals surface area contributed by atoms with Gasteiger partial charge in [0.05, 0.1) is 5.25 Å². The monoisotopic (exact) mass is 341 g/mol. The third-order valence-electron chi connectivity index (χ3n) is 4.18. The van der Waals surface area contributed by atoms with Gasteiger partial charge in [0.2, 0.25) is 5.91 Å². The van der Waals surface area contributed by atoms with Crippen LogP contribution in [0.3, 0.4) is 0 Å². The zero-order valence-corrected chi connectivity index (χ0v) is 16.3. The van der Waals surface area contributed by atoms with Crippen LogP contribution in [0.5, 0.6) is 0 Å². The van der Waals surface area contributed by atoms with Gasteiger partial charge in [-0.3, -0.25) is 4.79 Å². The summed E-state index contributed by atoms with van der Waals surface area (Å²) in [5, 5.41) is 3.00. The van der Waals surface area contributed by atoms with Crippen LogP contribution >= 0.6 is 11.8 Å². The highest BCUT2D eigenvalue weighted by molar-refractivity contribution is 8.00. The Bertz CT molecular complexity index is 737. The van der Waals surface area contributed by atoms with Gasteiger partial charge in [-0.25, -0.2) is 0 Å². The molecule has 0 aromatic heterocycles. The van der Waals surface area contributed by atoms with Crippen LogP contribution in [-0.4, -0.2) is 11.2 Å². The van der Waals surface area contributed by atoms with E-state index in [2.05, 4.69) is 57.3 Å². The van der Waals surface area contributed by atoms with Crippen molar-refractivity contribution in [2.75, 3.05) is 5.32 Å². The number of thioether (sulfide) groups is 1. The van der Waals surface area contributed by atoms with Crippen molar-refractivity contribution in [1.29, 1.82) is 0 Å². The largest absolute Gasteiger partial charge is 0.325 e. The molecule has 0 fully saturated rings. The number of para-hydroxylation sites is 1. The lowest BCUT2D eigenvalue weighted by Crippen LogP contribution is -2.23. The van der Waals surface area contributed by atoms with Crippen molar-refractivity contribution < 1.29 is 4.79 Å². The summed E-state index contributed by atoms with van der Waals surface area (Å²) in [5.74, 6) is 0.429. The van der Waals surface area contributed by atoms with E-state index in [4.69, 9.17) is 0 Å². The average molecular weight is 342 g/mol. The predicted octanol–water partition coefficient (Wildman–Crippen LogP) is 5.85. The van der Waals surface area contributed by atoms with E-state index >= 15 is 0 Å². The van der Waals surface area contributed by atoms with Crippen molar-refractivity contribution in [3.8, 4) is 0 Å². The number of nitrogens with one attached hydrogen (secondary N) is 1. The second-order valence-corrected chi connectivity index (χ2v) is 8.09. The molecule has 2 aromatic rings. The lowest BCUT2D eigenvalue weighted by atomic mass is 9.98. The van der Waals surface area contributed by atoms with Crippen LogP contribution in [0.2, 0.25) is 0 Å². The molecule has 0 bridgehead atoms. The molecule has 1 atom stereocenters. The number of benzene rings is 2. The maximum Gasteiger partial charge on any atom is 0.237 e. The minimum atomic E-state index is -0.147. The maximum atomic E-state index is 12.7. The number of aryl methyl sites for hydroxylation is 3. The first-order chi connectivity index (χ1) is 11.3. The average Bonchev–Trinajstić information content (AvgIpc) is 2.51. The van der Waals surface area contributed by atoms with Crippen molar-refractivity contribution in [3.63, 3.8) is 0 Å². The van der Waals surface area contributed by atoms with Crippen LogP contribution in [0.1, 0.15) is 48.9 Å². The molecule has 2 rings (SSSR count). The number of amides is 1. The van der Waals surface area contributed by atoms with Gasteiger partial charge in [-0.15, -0.1) is 11.8 Å². The number of anilines is 1. The Kier molecular flexibility index (Phi) is 6.11. The van der Waals surface area contributed by atoms with Crippen LogP contribution in [0.25, 0.3) is 0 Å². The number of hydrogen-bond acceptors (Lipinski definition) is 2. The molecule has 1 unspecified atom stereocenters. The van der Waals surface area contributed by atoms with Crippen molar-refractivity contribution in [2.45, 2.75) is 57.6 Å². The summed E-state index contributed by atoms with van der Waals surface area (Å²) in [6.07, 6.45) is 0. The Labute approximate surface area is 150 Å². The highest BCUT2D eigenvalue weighted by Crippen LogP contribution is 2.31. The third kappa shape index (κ3) is 4.41. The molecule has 0 aliphatic heterocycles. The van der Waals surface area contributed by atoms with Gasteiger partial charge in [0.15, 0.2) is 0 Å². The van der Waals surface area contributed by atoms with Crippen LogP contribution in [-0.2, 0) is 4.79 Å². The van der Waals surface area contributed by atoms with E-state index in [1.165, 1.54) is 16.7 Å². The van der Waals surface area contributed by atoms with Gasteiger partial charge >= 0.3 is 0 Å². The Balaban J connectivity index is 2.15. The molecule has 3 heteroatoms. The Morgan fingerprint density at radius 1 is 1.00 bits per heavy atom. The van der Waals surface area contributed by atoms with E-state index in [-0.39, 0.29) is 11.2 Å². The summed E-state index contributed by atoms with van der Waals surface area (Å²) in [6, 6.07) is 12.5. The molecule has 0 saturated heterocycles. The quantitative estimate of drug-likeness (QED) is 0.691. The number of hydrogen-bond donors (Lipinski definition) is 1. The van der Waals surface area contributed by atoms with Crippen molar-refractivity contribution in [3.05, 3.63) is 58.7 Å². The zero-order valence-electron chi connectivity index (χ0n) is 15.4. The molecule has 0 aliphatic rings. The fourth-order valence-electron chi connectivity index (χ4n) is 2.74. The van der Waals surface area contributed by atoms with Gasteiger partial charge in [0, 0.05) is 10.6 Å². The van der Waals surface area contributed by atoms with Crippen LogP contribution in [0.15, 0.2) is 41.3 Å². The van der Waals surface area contributed by atoms with Crippen molar-refractivity contribution in [1.82, 2.24) is 0 Å². The SMILES string of the molecule is Cc1ccc(SC(C)C(=O)Nc2c(C)cccc2C(C)C)c(C)c1. The van der Waals surface area contributed by atoms with Gasteiger partial charge in [0.1, 0.15) is 0 Å². The molecule has 1 N–H and O–H groups in total. The highest BCUT2D eigenvalue weighted by atomic mass is 32.2. The fourth-order valence-corrected chi connectivity index (χ4v) is 3.68. The lowest BCUT2D eigenvalue weighted by Gasteiger charge is -2.19. The summed E-state index contributed by atoms with van der Waals surface area (Å²) in [5.41, 5.74) is 5.73. The van der Waals surface area contributed by atoms with Crippen LogP contribution in [0.4, 0.5) is 5.69 Å². The number of rotatable bonds is 5. The molecule has 0 spiro atoms. The maximum absolute atomic E-state index is 12.7. The van der Waals surface area contributed by atoms with E-state index in [9.17, 15) is 4.79 Å². The summed E-state index contributed by atoms with van der Waals surface area (Å²) >= 11 is 1.61. The van der Waals surface area contributed by atoms with Gasteiger partial charge < -0.3 is 5.32 Å². The third-order valence-corrected chi connectivity index (χ3v) is 5.46. The van der Waals surface area contributed by atoms with Gasteiger partial charge in [0.25, 0.3) is 0 Å². The number of carbonyl (C=O) groups excluding carboxylic acids is 1. The first-order valence-corrected chi connectivity index (χ1v) is 9.32. The molecule has 2 aromatic carbocycles. The lowest BCUT2D eigenvalue weighted by molar-refractivity contribution is -0.115. The molecule has 1 amide bonds. The molecule has 2 nitrogen and oxygen atoms in total. The van der Waals surface area contributed by atoms with Crippen molar-refractivity contribution >= 4 is 23.4 Å². The standard InChI is InChI=1S/C21H27NOS/c1-13(2)18-9-7-8-15(4)20(18)22-21(23)17(6)24-19-11-10-14(3)12-16(19)5/h7-13,17H,1-6H3,(H,22,23). The number of carbonyl (C=O) groups is 1. The minimum Gasteiger partial charge on any atom is -0.325 e. The van der Waals surface area contributed by atoms with Crippen molar-refractivity contribution in [2.24, 2.45) is 0 Å². The van der Waals surface area contributed by atoms with E-state index < -0.39 is 0 Å². The summed E-state index contributed by atoms with van der Waals surface area (Å²) in [4.78, 5) is 13.9. The normalized spacial score (nSPS) is 12.3. The molecule has 0 aliphatic carbocycles. The molecule has 0 heterocycles. The molecule has 0 saturated carbocycles. The Morgan fingerprint density at radius 3 is 2.33 bits per heavy atom. The molecular weight excluding hydrogens is 314 g/mol. The Morgan fingerprint density at radius 2 is 1.71 bits per heavy atom. The van der Waals surface area contributed by atoms with E-state index in [0.29, 0.717) is 5.92 Å². The first kappa shape index (κ1) is 18.6. The van der Waals surface area contributed by atoms with Crippen LogP contribution < -0.4 is 5.32 Å². The van der Waals surface area contributed by atoms with Gasteiger partial charge in [-0.05, 0) is 56.4 Å². The van der Waals surface area contributed by atoms with Gasteiger partial charge in [-0.1, -0.05) is 49.7 Å². The summed E-state index contributed by atoms with van der Waals surface area (Å²) in [6.45, 7) is 12.5. The van der Waals surface area contributed by atoms with E-state index in [0.717, 1.165) is 16.1 Å². The second kappa shape index (κ2) is 7.89. The fraction of sp³-hybridized carbons (Fsp3) is 0.381.